The third kappa shape index (κ3) is 1.19. The lowest BCUT2D eigenvalue weighted by molar-refractivity contribution is 0.415. The molecule has 80 valence electrons. The summed E-state index contributed by atoms with van der Waals surface area (Å²) >= 11 is 0. The Morgan fingerprint density at radius 1 is 1.40 bits per heavy atom. The van der Waals surface area contributed by atoms with Crippen LogP contribution in [0.15, 0.2) is 18.2 Å². The van der Waals surface area contributed by atoms with Gasteiger partial charge in [0, 0.05) is 19.7 Å². The highest BCUT2D eigenvalue weighted by molar-refractivity contribution is 5.76. The van der Waals surface area contributed by atoms with E-state index in [-0.39, 0.29) is 0 Å². The molecule has 3 nitrogen and oxygen atoms in total. The molecule has 1 spiro atoms. The highest BCUT2D eigenvalue weighted by atomic mass is 16.5. The normalized spacial score (nSPS) is 20.8. The molecule has 1 aromatic carbocycles. The fourth-order valence-corrected chi connectivity index (χ4v) is 2.37. The maximum Gasteiger partial charge on any atom is 0.121 e. The van der Waals surface area contributed by atoms with Gasteiger partial charge in [-0.3, -0.25) is 0 Å². The van der Waals surface area contributed by atoms with Crippen LogP contribution in [0.4, 0.5) is 11.4 Å². The van der Waals surface area contributed by atoms with Gasteiger partial charge in [-0.2, -0.15) is 0 Å². The molecule has 1 saturated carbocycles. The van der Waals surface area contributed by atoms with Crippen LogP contribution in [0, 0.1) is 0 Å². The van der Waals surface area contributed by atoms with Gasteiger partial charge >= 0.3 is 0 Å². The Labute approximate surface area is 90.0 Å². The third-order valence-corrected chi connectivity index (χ3v) is 3.71. The van der Waals surface area contributed by atoms with Crippen molar-refractivity contribution in [2.75, 3.05) is 30.9 Å². The van der Waals surface area contributed by atoms with Crippen LogP contribution in [0.2, 0.25) is 0 Å². The quantitative estimate of drug-likeness (QED) is 0.758. The average molecular weight is 204 g/mol. The molecule has 0 aromatic heterocycles. The van der Waals surface area contributed by atoms with Crippen LogP contribution in [0.25, 0.3) is 0 Å². The third-order valence-electron chi connectivity index (χ3n) is 3.71. The van der Waals surface area contributed by atoms with Crippen molar-refractivity contribution >= 4 is 11.4 Å². The van der Waals surface area contributed by atoms with Crippen LogP contribution in [-0.2, 0) is 0 Å². The molecule has 1 aliphatic heterocycles. The molecule has 3 heteroatoms. The maximum atomic E-state index is 5.22. The average Bonchev–Trinajstić information content (AvgIpc) is 3.05. The maximum absolute atomic E-state index is 5.22. The molecule has 1 N–H and O–H groups in total. The van der Waals surface area contributed by atoms with E-state index in [1.807, 2.05) is 6.07 Å². The summed E-state index contributed by atoms with van der Waals surface area (Å²) in [5.74, 6) is 0.918. The van der Waals surface area contributed by atoms with E-state index in [2.05, 4.69) is 29.4 Å². The van der Waals surface area contributed by atoms with Crippen LogP contribution >= 0.6 is 0 Å². The minimum absolute atomic E-state index is 0.404. The predicted octanol–water partition coefficient (Wildman–Crippen LogP) is 2.09. The molecule has 0 atom stereocenters. The van der Waals surface area contributed by atoms with Crippen molar-refractivity contribution in [3.63, 3.8) is 0 Å². The summed E-state index contributed by atoms with van der Waals surface area (Å²) in [5.41, 5.74) is 2.88. The standard InChI is InChI=1S/C12H16N2O/c1-14-11-4-3-9(15-2)7-10(11)13-8-12(14)5-6-12/h3-4,7,13H,5-6,8H2,1-2H3. The van der Waals surface area contributed by atoms with Gasteiger partial charge in [0.1, 0.15) is 5.75 Å². The number of nitrogens with zero attached hydrogens (tertiary/aromatic N) is 1. The Bertz CT molecular complexity index is 399. The second kappa shape index (κ2) is 2.81. The van der Waals surface area contributed by atoms with E-state index in [1.54, 1.807) is 7.11 Å². The number of ether oxygens (including phenoxy) is 1. The van der Waals surface area contributed by atoms with Gasteiger partial charge in [-0.15, -0.1) is 0 Å². The molecule has 0 unspecified atom stereocenters. The molecule has 1 heterocycles. The molecular formula is C12H16N2O. The number of fused-ring (bicyclic) bond motifs is 1. The van der Waals surface area contributed by atoms with Crippen molar-refractivity contribution < 1.29 is 4.74 Å². The van der Waals surface area contributed by atoms with Crippen LogP contribution in [0.3, 0.4) is 0 Å². The van der Waals surface area contributed by atoms with Crippen molar-refractivity contribution in [3.05, 3.63) is 18.2 Å². The van der Waals surface area contributed by atoms with Gasteiger partial charge in [-0.25, -0.2) is 0 Å². The van der Waals surface area contributed by atoms with Crippen LogP contribution in [0.1, 0.15) is 12.8 Å². The first-order valence-electron chi connectivity index (χ1n) is 5.41. The van der Waals surface area contributed by atoms with Gasteiger partial charge in [-0.1, -0.05) is 0 Å². The summed E-state index contributed by atoms with van der Waals surface area (Å²) < 4.78 is 5.22. The molecule has 15 heavy (non-hydrogen) atoms. The highest BCUT2D eigenvalue weighted by Gasteiger charge is 2.48. The summed E-state index contributed by atoms with van der Waals surface area (Å²) in [6.07, 6.45) is 2.62. The summed E-state index contributed by atoms with van der Waals surface area (Å²) in [6.45, 7) is 1.06. The molecule has 0 amide bonds. The van der Waals surface area contributed by atoms with Gasteiger partial charge in [0.25, 0.3) is 0 Å². The van der Waals surface area contributed by atoms with Gasteiger partial charge in [-0.05, 0) is 25.0 Å². The number of nitrogens with one attached hydrogen (secondary N) is 1. The van der Waals surface area contributed by atoms with E-state index in [0.29, 0.717) is 5.54 Å². The zero-order valence-electron chi connectivity index (χ0n) is 9.21. The Morgan fingerprint density at radius 2 is 2.20 bits per heavy atom. The highest BCUT2D eigenvalue weighted by Crippen LogP contribution is 2.48. The van der Waals surface area contributed by atoms with Crippen LogP contribution in [-0.4, -0.2) is 26.2 Å². The molecule has 1 aliphatic carbocycles. The van der Waals surface area contributed by atoms with E-state index >= 15 is 0 Å². The molecule has 3 rings (SSSR count). The first-order chi connectivity index (χ1) is 7.25. The van der Waals surface area contributed by atoms with E-state index in [4.69, 9.17) is 4.74 Å². The first kappa shape index (κ1) is 8.89. The summed E-state index contributed by atoms with van der Waals surface area (Å²) in [5, 5.41) is 3.50. The molecule has 0 saturated heterocycles. The second-order valence-corrected chi connectivity index (χ2v) is 4.52. The van der Waals surface area contributed by atoms with Gasteiger partial charge < -0.3 is 15.0 Å². The number of rotatable bonds is 1. The zero-order valence-corrected chi connectivity index (χ0v) is 9.21. The summed E-state index contributed by atoms with van der Waals surface area (Å²) in [4.78, 5) is 2.41. The summed E-state index contributed by atoms with van der Waals surface area (Å²) in [6, 6.07) is 6.24. The monoisotopic (exact) mass is 204 g/mol. The lowest BCUT2D eigenvalue weighted by atomic mass is 10.1. The van der Waals surface area contributed by atoms with Gasteiger partial charge in [0.2, 0.25) is 0 Å². The van der Waals surface area contributed by atoms with E-state index in [0.717, 1.165) is 12.3 Å². The molecule has 2 aliphatic rings. The Hall–Kier alpha value is -1.38. The Balaban J connectivity index is 2.01. The number of methoxy groups -OCH3 is 1. The molecule has 1 aromatic rings. The summed E-state index contributed by atoms with van der Waals surface area (Å²) in [7, 11) is 3.90. The second-order valence-electron chi connectivity index (χ2n) is 4.52. The predicted molar refractivity (Wildman–Crippen MR) is 61.9 cm³/mol. The number of anilines is 2. The van der Waals surface area contributed by atoms with Crippen molar-refractivity contribution in [3.8, 4) is 5.75 Å². The van der Waals surface area contributed by atoms with Gasteiger partial charge in [0.15, 0.2) is 0 Å². The molecular weight excluding hydrogens is 188 g/mol. The number of hydrogen-bond donors (Lipinski definition) is 1. The Morgan fingerprint density at radius 3 is 2.87 bits per heavy atom. The minimum atomic E-state index is 0.404. The SMILES string of the molecule is COc1ccc2c(c1)NCC1(CC1)N2C. The fourth-order valence-electron chi connectivity index (χ4n) is 2.37. The van der Waals surface area contributed by atoms with Crippen molar-refractivity contribution in [1.82, 2.24) is 0 Å². The van der Waals surface area contributed by atoms with Gasteiger partial charge in [0.05, 0.1) is 24.0 Å². The number of benzene rings is 1. The fraction of sp³-hybridized carbons (Fsp3) is 0.500. The topological polar surface area (TPSA) is 24.5 Å². The molecule has 0 bridgehead atoms. The first-order valence-corrected chi connectivity index (χ1v) is 5.41. The Kier molecular flexibility index (Phi) is 1.67. The zero-order chi connectivity index (χ0) is 10.5. The van der Waals surface area contributed by atoms with Crippen LogP contribution < -0.4 is 15.0 Å². The molecule has 1 fully saturated rings. The number of hydrogen-bond acceptors (Lipinski definition) is 3. The lowest BCUT2D eigenvalue weighted by Gasteiger charge is -2.37. The van der Waals surface area contributed by atoms with Crippen molar-refractivity contribution in [1.29, 1.82) is 0 Å². The smallest absolute Gasteiger partial charge is 0.121 e. The van der Waals surface area contributed by atoms with Crippen LogP contribution in [0.5, 0.6) is 5.75 Å². The van der Waals surface area contributed by atoms with E-state index < -0.39 is 0 Å². The minimum Gasteiger partial charge on any atom is -0.497 e. The number of likely N-dealkylation sites (N-methyl/N-ethyl adjacent to an activating group) is 1. The largest absolute Gasteiger partial charge is 0.497 e. The molecule has 0 radical (unpaired) electrons. The van der Waals surface area contributed by atoms with Crippen molar-refractivity contribution in [2.24, 2.45) is 0 Å². The van der Waals surface area contributed by atoms with Crippen molar-refractivity contribution in [2.45, 2.75) is 18.4 Å². The van der Waals surface area contributed by atoms with E-state index in [9.17, 15) is 0 Å². The lowest BCUT2D eigenvalue weighted by Crippen LogP contribution is -2.43. The van der Waals surface area contributed by atoms with E-state index in [1.165, 1.54) is 24.2 Å².